The monoisotopic (exact) mass is 454 g/mol. The van der Waals surface area contributed by atoms with Crippen molar-refractivity contribution in [1.82, 2.24) is 20.4 Å². The molecule has 2 heterocycles. The zero-order valence-corrected chi connectivity index (χ0v) is 17.7. The van der Waals surface area contributed by atoms with Gasteiger partial charge in [0.05, 0.1) is 13.1 Å². The predicted octanol–water partition coefficient (Wildman–Crippen LogP) is -3.12. The first kappa shape index (κ1) is 25.0. The number of nitrogens with zero attached hydrogens (tertiary/aromatic N) is 2. The maximum Gasteiger partial charge on any atom is 0.326 e. The molecule has 13 heteroatoms. The number of carboxylic acids is 1. The van der Waals surface area contributed by atoms with Crippen LogP contribution in [0.15, 0.2) is 0 Å². The molecular weight excluding hydrogens is 424 g/mol. The largest absolute Gasteiger partial charge is 0.480 e. The molecule has 3 atom stereocenters. The van der Waals surface area contributed by atoms with Crippen LogP contribution in [0.5, 0.6) is 0 Å². The lowest BCUT2D eigenvalue weighted by Crippen LogP contribution is -2.55. The summed E-state index contributed by atoms with van der Waals surface area (Å²) >= 11 is 0. The maximum absolute atomic E-state index is 12.7. The van der Waals surface area contributed by atoms with Gasteiger partial charge in [0.15, 0.2) is 0 Å². The average Bonchev–Trinajstić information content (AvgIpc) is 3.43. The summed E-state index contributed by atoms with van der Waals surface area (Å²) < 4.78 is 0. The second-order valence-electron chi connectivity index (χ2n) is 7.82. The lowest BCUT2D eigenvalue weighted by atomic mass is 10.1. The highest BCUT2D eigenvalue weighted by molar-refractivity contribution is 5.94. The third-order valence-electron chi connectivity index (χ3n) is 5.63. The van der Waals surface area contributed by atoms with Gasteiger partial charge in [0.1, 0.15) is 18.1 Å². The van der Waals surface area contributed by atoms with Crippen LogP contribution in [0, 0.1) is 0 Å². The Morgan fingerprint density at radius 3 is 2.12 bits per heavy atom. The molecule has 178 valence electrons. The summed E-state index contributed by atoms with van der Waals surface area (Å²) in [4.78, 5) is 74.6. The number of hydrogen-bond donors (Lipinski definition) is 5. The van der Waals surface area contributed by atoms with Crippen molar-refractivity contribution in [2.24, 2.45) is 11.5 Å². The second kappa shape index (κ2) is 11.4. The van der Waals surface area contributed by atoms with Gasteiger partial charge in [0.25, 0.3) is 0 Å². The first-order chi connectivity index (χ1) is 15.1. The first-order valence-electron chi connectivity index (χ1n) is 10.5. The molecular formula is C19H30N6O7. The molecule has 0 saturated carbocycles. The summed E-state index contributed by atoms with van der Waals surface area (Å²) in [6.07, 6.45) is 1.62. The van der Waals surface area contributed by atoms with Crippen molar-refractivity contribution in [2.45, 2.75) is 56.7 Å². The fourth-order valence-electron chi connectivity index (χ4n) is 3.99. The summed E-state index contributed by atoms with van der Waals surface area (Å²) in [7, 11) is 0. The fourth-order valence-corrected chi connectivity index (χ4v) is 3.99. The number of carbonyl (C=O) groups excluding carboxylic acids is 5. The Bertz CT molecular complexity index is 773. The summed E-state index contributed by atoms with van der Waals surface area (Å²) in [5, 5.41) is 14.1. The van der Waals surface area contributed by atoms with Gasteiger partial charge in [-0.05, 0) is 32.1 Å². The lowest BCUT2D eigenvalue weighted by molar-refractivity contribution is -0.148. The summed E-state index contributed by atoms with van der Waals surface area (Å²) in [6, 6.07) is -2.87. The van der Waals surface area contributed by atoms with Gasteiger partial charge in [-0.3, -0.25) is 24.0 Å². The molecule has 0 radical (unpaired) electrons. The molecule has 2 saturated heterocycles. The second-order valence-corrected chi connectivity index (χ2v) is 7.82. The van der Waals surface area contributed by atoms with Crippen LogP contribution in [0.3, 0.4) is 0 Å². The van der Waals surface area contributed by atoms with E-state index in [1.807, 2.05) is 0 Å². The van der Waals surface area contributed by atoms with E-state index in [9.17, 15) is 33.9 Å². The average molecular weight is 454 g/mol. The van der Waals surface area contributed by atoms with Gasteiger partial charge in [-0.2, -0.15) is 0 Å². The highest BCUT2D eigenvalue weighted by Crippen LogP contribution is 2.18. The Morgan fingerprint density at radius 2 is 1.56 bits per heavy atom. The van der Waals surface area contributed by atoms with E-state index in [0.717, 1.165) is 0 Å². The molecule has 7 N–H and O–H groups in total. The maximum atomic E-state index is 12.7. The van der Waals surface area contributed by atoms with E-state index in [4.69, 9.17) is 11.5 Å². The van der Waals surface area contributed by atoms with Gasteiger partial charge in [-0.1, -0.05) is 0 Å². The molecule has 0 aromatic carbocycles. The van der Waals surface area contributed by atoms with Crippen LogP contribution in [-0.4, -0.2) is 94.7 Å². The van der Waals surface area contributed by atoms with Crippen molar-refractivity contribution >= 4 is 35.5 Å². The van der Waals surface area contributed by atoms with E-state index in [-0.39, 0.29) is 31.8 Å². The van der Waals surface area contributed by atoms with E-state index in [2.05, 4.69) is 10.6 Å². The topological polar surface area (TPSA) is 205 Å². The molecule has 32 heavy (non-hydrogen) atoms. The van der Waals surface area contributed by atoms with Gasteiger partial charge < -0.3 is 37.0 Å². The Kier molecular flexibility index (Phi) is 8.93. The minimum Gasteiger partial charge on any atom is -0.480 e. The number of hydrogen-bond acceptors (Lipinski definition) is 7. The molecule has 2 aliphatic heterocycles. The number of aliphatic carboxylic acids is 1. The van der Waals surface area contributed by atoms with Gasteiger partial charge in [0, 0.05) is 19.5 Å². The van der Waals surface area contributed by atoms with Gasteiger partial charge >= 0.3 is 5.97 Å². The van der Waals surface area contributed by atoms with E-state index in [1.165, 1.54) is 9.80 Å². The standard InChI is InChI=1S/C19H30N6O7/c20-9-15(27)24-7-1-3-12(24)18(30)23-11(5-6-14(21)26)17(29)22-10-16(28)25-8-2-4-13(25)19(31)32/h11-13H,1-10,20H2,(H2,21,26)(H,22,29)(H,23,30)(H,31,32)/t11-,12-,13-/m0/s1. The van der Waals surface area contributed by atoms with Crippen molar-refractivity contribution in [3.8, 4) is 0 Å². The van der Waals surface area contributed by atoms with Crippen molar-refractivity contribution in [2.75, 3.05) is 26.2 Å². The third kappa shape index (κ3) is 6.39. The number of likely N-dealkylation sites (tertiary alicyclic amines) is 2. The predicted molar refractivity (Wildman–Crippen MR) is 110 cm³/mol. The highest BCUT2D eigenvalue weighted by Gasteiger charge is 2.36. The Balaban J connectivity index is 1.99. The van der Waals surface area contributed by atoms with Gasteiger partial charge in [0.2, 0.25) is 29.5 Å². The smallest absolute Gasteiger partial charge is 0.326 e. The van der Waals surface area contributed by atoms with Crippen LogP contribution in [0.25, 0.3) is 0 Å². The highest BCUT2D eigenvalue weighted by atomic mass is 16.4. The third-order valence-corrected chi connectivity index (χ3v) is 5.63. The number of nitrogens with one attached hydrogen (secondary N) is 2. The molecule has 2 fully saturated rings. The number of amides is 5. The van der Waals surface area contributed by atoms with Crippen LogP contribution in [0.1, 0.15) is 38.5 Å². The van der Waals surface area contributed by atoms with E-state index < -0.39 is 54.3 Å². The van der Waals surface area contributed by atoms with Crippen LogP contribution >= 0.6 is 0 Å². The van der Waals surface area contributed by atoms with E-state index >= 15 is 0 Å². The number of rotatable bonds is 10. The summed E-state index contributed by atoms with van der Waals surface area (Å²) in [6.45, 7) is -0.0420. The fraction of sp³-hybridized carbons (Fsp3) is 0.684. The van der Waals surface area contributed by atoms with Gasteiger partial charge in [-0.25, -0.2) is 4.79 Å². The quantitative estimate of drug-likeness (QED) is 0.228. The van der Waals surface area contributed by atoms with Gasteiger partial charge in [-0.15, -0.1) is 0 Å². The molecule has 0 bridgehead atoms. The molecule has 0 aromatic rings. The summed E-state index contributed by atoms with van der Waals surface area (Å²) in [5.41, 5.74) is 10.5. The molecule has 5 amide bonds. The SMILES string of the molecule is NCC(=O)N1CCC[C@H]1C(=O)N[C@@H](CCC(N)=O)C(=O)NCC(=O)N1CCC[C@H]1C(=O)O. The van der Waals surface area contributed by atoms with E-state index in [0.29, 0.717) is 32.2 Å². The van der Waals surface area contributed by atoms with Crippen molar-refractivity contribution in [3.63, 3.8) is 0 Å². The number of primary amides is 1. The molecule has 0 spiro atoms. The van der Waals surface area contributed by atoms with Crippen molar-refractivity contribution in [3.05, 3.63) is 0 Å². The van der Waals surface area contributed by atoms with Crippen molar-refractivity contribution in [1.29, 1.82) is 0 Å². The van der Waals surface area contributed by atoms with Crippen molar-refractivity contribution < 1.29 is 33.9 Å². The lowest BCUT2D eigenvalue weighted by Gasteiger charge is -2.26. The first-order valence-corrected chi connectivity index (χ1v) is 10.5. The summed E-state index contributed by atoms with van der Waals surface area (Å²) in [5.74, 6) is -4.00. The van der Waals surface area contributed by atoms with E-state index in [1.54, 1.807) is 0 Å². The Morgan fingerprint density at radius 1 is 0.969 bits per heavy atom. The number of carbonyl (C=O) groups is 6. The van der Waals surface area contributed by atoms with Crippen LogP contribution < -0.4 is 22.1 Å². The number of carboxylic acid groups (broad SMARTS) is 1. The Labute approximate surface area is 184 Å². The van der Waals surface area contributed by atoms with Crippen LogP contribution in [-0.2, 0) is 28.8 Å². The Hall–Kier alpha value is -3.22. The normalized spacial score (nSPS) is 21.2. The number of nitrogens with two attached hydrogens (primary N) is 2. The molecule has 2 aliphatic rings. The minimum atomic E-state index is -1.16. The molecule has 2 rings (SSSR count). The zero-order chi connectivity index (χ0) is 23.8. The molecule has 0 aliphatic carbocycles. The molecule has 0 unspecified atom stereocenters. The molecule has 0 aromatic heterocycles. The zero-order valence-electron chi connectivity index (χ0n) is 17.7. The van der Waals surface area contributed by atoms with Crippen LogP contribution in [0.2, 0.25) is 0 Å². The minimum absolute atomic E-state index is 0.0971. The van der Waals surface area contributed by atoms with Crippen LogP contribution in [0.4, 0.5) is 0 Å². The molecule has 13 nitrogen and oxygen atoms in total.